The summed E-state index contributed by atoms with van der Waals surface area (Å²) in [6.07, 6.45) is 5.79. The van der Waals surface area contributed by atoms with E-state index in [0.29, 0.717) is 11.5 Å². The van der Waals surface area contributed by atoms with Gasteiger partial charge in [-0.3, -0.25) is 4.90 Å². The number of furan rings is 1. The molecule has 1 heterocycles. The molecule has 0 bridgehead atoms. The van der Waals surface area contributed by atoms with Gasteiger partial charge in [-0.2, -0.15) is 0 Å². The van der Waals surface area contributed by atoms with E-state index in [-0.39, 0.29) is 0 Å². The van der Waals surface area contributed by atoms with Crippen molar-refractivity contribution in [2.45, 2.75) is 52.6 Å². The van der Waals surface area contributed by atoms with Crippen LogP contribution in [0.2, 0.25) is 0 Å². The molecule has 2 rings (SSSR count). The fourth-order valence-corrected chi connectivity index (χ4v) is 3.77. The lowest BCUT2D eigenvalue weighted by Crippen LogP contribution is -2.52. The molecule has 1 fully saturated rings. The molecule has 0 radical (unpaired) electrons. The second-order valence-corrected chi connectivity index (χ2v) is 6.95. The molecule has 0 aliphatic heterocycles. The Labute approximate surface area is 123 Å². The summed E-state index contributed by atoms with van der Waals surface area (Å²) in [7, 11) is 2.20. The molecule has 2 unspecified atom stereocenters. The predicted molar refractivity (Wildman–Crippen MR) is 83.6 cm³/mol. The van der Waals surface area contributed by atoms with Crippen molar-refractivity contribution in [2.24, 2.45) is 11.3 Å². The Morgan fingerprint density at radius 2 is 2.25 bits per heavy atom. The lowest BCUT2D eigenvalue weighted by Gasteiger charge is -2.45. The first-order chi connectivity index (χ1) is 9.53. The summed E-state index contributed by atoms with van der Waals surface area (Å²) in [5.74, 6) is 1.79. The highest BCUT2D eigenvalue weighted by Gasteiger charge is 2.38. The smallest absolute Gasteiger partial charge is 0.117 e. The molecule has 1 aromatic rings. The van der Waals surface area contributed by atoms with Crippen LogP contribution in [-0.2, 0) is 6.54 Å². The van der Waals surface area contributed by atoms with E-state index in [1.807, 2.05) is 6.07 Å². The highest BCUT2D eigenvalue weighted by atomic mass is 16.3. The summed E-state index contributed by atoms with van der Waals surface area (Å²) >= 11 is 0. The minimum Gasteiger partial charge on any atom is -0.468 e. The second kappa shape index (κ2) is 6.77. The first kappa shape index (κ1) is 15.6. The monoisotopic (exact) mass is 278 g/mol. The van der Waals surface area contributed by atoms with Crippen LogP contribution < -0.4 is 5.32 Å². The minimum absolute atomic E-state index is 0.407. The molecule has 20 heavy (non-hydrogen) atoms. The van der Waals surface area contributed by atoms with Gasteiger partial charge in [-0.1, -0.05) is 27.2 Å². The van der Waals surface area contributed by atoms with Crippen LogP contribution in [-0.4, -0.2) is 31.1 Å². The Morgan fingerprint density at radius 3 is 2.90 bits per heavy atom. The van der Waals surface area contributed by atoms with Crippen molar-refractivity contribution in [3.8, 4) is 0 Å². The Kier molecular flexibility index (Phi) is 5.28. The van der Waals surface area contributed by atoms with Gasteiger partial charge in [0.05, 0.1) is 12.8 Å². The number of nitrogens with one attached hydrogen (secondary N) is 1. The molecule has 0 amide bonds. The standard InChI is InChI=1S/C17H30N2O/c1-5-18-16-14(8-6-10-17(16,2)3)12-19(4)13-15-9-7-11-20-15/h7,9,11,14,16,18H,5-6,8,10,12-13H2,1-4H3. The van der Waals surface area contributed by atoms with Crippen LogP contribution in [0.3, 0.4) is 0 Å². The lowest BCUT2D eigenvalue weighted by molar-refractivity contribution is 0.0832. The summed E-state index contributed by atoms with van der Waals surface area (Å²) in [6.45, 7) is 10.2. The van der Waals surface area contributed by atoms with Crippen molar-refractivity contribution < 1.29 is 4.42 Å². The molecule has 1 aliphatic rings. The zero-order chi connectivity index (χ0) is 14.6. The molecular weight excluding hydrogens is 248 g/mol. The van der Waals surface area contributed by atoms with E-state index in [0.717, 1.165) is 31.3 Å². The van der Waals surface area contributed by atoms with E-state index < -0.39 is 0 Å². The largest absolute Gasteiger partial charge is 0.468 e. The molecule has 114 valence electrons. The highest BCUT2D eigenvalue weighted by molar-refractivity contribution is 4.99. The van der Waals surface area contributed by atoms with Gasteiger partial charge in [-0.15, -0.1) is 0 Å². The van der Waals surface area contributed by atoms with E-state index in [9.17, 15) is 0 Å². The maximum absolute atomic E-state index is 5.45. The number of hydrogen-bond donors (Lipinski definition) is 1. The van der Waals surface area contributed by atoms with Gasteiger partial charge in [0, 0.05) is 12.6 Å². The van der Waals surface area contributed by atoms with Crippen molar-refractivity contribution >= 4 is 0 Å². The second-order valence-electron chi connectivity index (χ2n) is 6.95. The predicted octanol–water partition coefficient (Wildman–Crippen LogP) is 3.52. The number of hydrogen-bond acceptors (Lipinski definition) is 3. The van der Waals surface area contributed by atoms with Gasteiger partial charge in [0.25, 0.3) is 0 Å². The van der Waals surface area contributed by atoms with Crippen LogP contribution in [0.15, 0.2) is 22.8 Å². The van der Waals surface area contributed by atoms with Gasteiger partial charge < -0.3 is 9.73 Å². The van der Waals surface area contributed by atoms with E-state index in [1.165, 1.54) is 19.3 Å². The van der Waals surface area contributed by atoms with Crippen LogP contribution in [0.1, 0.15) is 45.8 Å². The Hall–Kier alpha value is -0.800. The molecule has 0 spiro atoms. The Bertz CT molecular complexity index is 386. The SMILES string of the molecule is CCNC1C(CN(C)Cc2ccco2)CCCC1(C)C. The molecular formula is C17H30N2O. The third kappa shape index (κ3) is 3.86. The highest BCUT2D eigenvalue weighted by Crippen LogP contribution is 2.39. The first-order valence-corrected chi connectivity index (χ1v) is 7.97. The Morgan fingerprint density at radius 1 is 1.45 bits per heavy atom. The Balaban J connectivity index is 1.95. The average molecular weight is 278 g/mol. The third-order valence-corrected chi connectivity index (χ3v) is 4.69. The lowest BCUT2D eigenvalue weighted by atomic mass is 9.67. The average Bonchev–Trinajstić information content (AvgIpc) is 2.86. The van der Waals surface area contributed by atoms with E-state index in [1.54, 1.807) is 6.26 Å². The number of rotatable bonds is 6. The summed E-state index contributed by atoms with van der Waals surface area (Å²) in [6, 6.07) is 4.65. The molecule has 0 saturated heterocycles. The van der Waals surface area contributed by atoms with Crippen LogP contribution in [0.5, 0.6) is 0 Å². The van der Waals surface area contributed by atoms with E-state index in [4.69, 9.17) is 4.42 Å². The molecule has 3 heteroatoms. The molecule has 2 atom stereocenters. The quantitative estimate of drug-likeness (QED) is 0.863. The van der Waals surface area contributed by atoms with Crippen molar-refractivity contribution in [2.75, 3.05) is 20.1 Å². The van der Waals surface area contributed by atoms with Crippen LogP contribution in [0.25, 0.3) is 0 Å². The van der Waals surface area contributed by atoms with Gasteiger partial charge in [0.2, 0.25) is 0 Å². The van der Waals surface area contributed by atoms with Crippen molar-refractivity contribution in [1.82, 2.24) is 10.2 Å². The van der Waals surface area contributed by atoms with Crippen LogP contribution in [0, 0.1) is 11.3 Å². The summed E-state index contributed by atoms with van der Waals surface area (Å²) in [5, 5.41) is 3.74. The molecule has 1 aliphatic carbocycles. The molecule has 1 aromatic heterocycles. The van der Waals surface area contributed by atoms with E-state index in [2.05, 4.69) is 44.1 Å². The minimum atomic E-state index is 0.407. The van der Waals surface area contributed by atoms with Gasteiger partial charge in [0.1, 0.15) is 5.76 Å². The molecule has 0 aromatic carbocycles. The molecule has 3 nitrogen and oxygen atoms in total. The first-order valence-electron chi connectivity index (χ1n) is 7.97. The van der Waals surface area contributed by atoms with Crippen LogP contribution in [0.4, 0.5) is 0 Å². The fourth-order valence-electron chi connectivity index (χ4n) is 3.77. The topological polar surface area (TPSA) is 28.4 Å². The van der Waals surface area contributed by atoms with Gasteiger partial charge in [-0.25, -0.2) is 0 Å². The normalized spacial score (nSPS) is 26.1. The van der Waals surface area contributed by atoms with Gasteiger partial charge in [0.15, 0.2) is 0 Å². The fraction of sp³-hybridized carbons (Fsp3) is 0.765. The zero-order valence-corrected chi connectivity index (χ0v) is 13.5. The van der Waals surface area contributed by atoms with Gasteiger partial charge >= 0.3 is 0 Å². The molecule has 1 saturated carbocycles. The van der Waals surface area contributed by atoms with Gasteiger partial charge in [-0.05, 0) is 49.9 Å². The van der Waals surface area contributed by atoms with Crippen molar-refractivity contribution in [3.05, 3.63) is 24.2 Å². The molecule has 1 N–H and O–H groups in total. The number of nitrogens with zero attached hydrogens (tertiary/aromatic N) is 1. The zero-order valence-electron chi connectivity index (χ0n) is 13.5. The maximum Gasteiger partial charge on any atom is 0.117 e. The summed E-state index contributed by atoms with van der Waals surface area (Å²) in [5.41, 5.74) is 0.407. The summed E-state index contributed by atoms with van der Waals surface area (Å²) < 4.78 is 5.45. The summed E-state index contributed by atoms with van der Waals surface area (Å²) in [4.78, 5) is 2.40. The third-order valence-electron chi connectivity index (χ3n) is 4.69. The maximum atomic E-state index is 5.45. The van der Waals surface area contributed by atoms with Crippen LogP contribution >= 0.6 is 0 Å². The van der Waals surface area contributed by atoms with Crippen molar-refractivity contribution in [3.63, 3.8) is 0 Å². The van der Waals surface area contributed by atoms with Crippen molar-refractivity contribution in [1.29, 1.82) is 0 Å². The van der Waals surface area contributed by atoms with E-state index >= 15 is 0 Å².